The van der Waals surface area contributed by atoms with Gasteiger partial charge in [-0.1, -0.05) is 25.5 Å². The molecule has 0 spiro atoms. The minimum atomic E-state index is -1.48. The van der Waals surface area contributed by atoms with Gasteiger partial charge in [-0.05, 0) is 99.6 Å². The molecule has 0 heterocycles. The third-order valence-electron chi connectivity index (χ3n) is 8.49. The Morgan fingerprint density at radius 3 is 2.52 bits per heavy atom. The zero-order valence-electron chi connectivity index (χ0n) is 17.0. The molecule has 0 aromatic carbocycles. The zero-order chi connectivity index (χ0) is 18.0. The Labute approximate surface area is 155 Å². The maximum absolute atomic E-state index is 10.1. The van der Waals surface area contributed by atoms with Gasteiger partial charge in [0.05, 0.1) is 12.2 Å². The van der Waals surface area contributed by atoms with Crippen LogP contribution < -0.4 is 0 Å². The number of fused-ring (bicyclic) bond motifs is 5. The summed E-state index contributed by atoms with van der Waals surface area (Å²) in [7, 11) is -1.48. The Hall–Kier alpha value is -0.123. The van der Waals surface area contributed by atoms with Crippen molar-refractivity contribution in [1.29, 1.82) is 0 Å². The molecule has 3 heteroatoms. The number of hydrogen-bond donors (Lipinski definition) is 1. The van der Waals surface area contributed by atoms with Gasteiger partial charge in [-0.15, -0.1) is 0 Å². The normalized spacial score (nSPS) is 49.8. The number of aliphatic hydroxyl groups is 1. The Kier molecular flexibility index (Phi) is 4.33. The molecule has 0 saturated heterocycles. The fraction of sp³-hybridized carbons (Fsp3) is 0.909. The van der Waals surface area contributed by atoms with Gasteiger partial charge >= 0.3 is 0 Å². The van der Waals surface area contributed by atoms with E-state index in [0.29, 0.717) is 16.9 Å². The van der Waals surface area contributed by atoms with E-state index >= 15 is 0 Å². The number of hydrogen-bond acceptors (Lipinski definition) is 2. The van der Waals surface area contributed by atoms with Crippen LogP contribution in [0.25, 0.3) is 0 Å². The Balaban J connectivity index is 1.60. The van der Waals surface area contributed by atoms with Crippen molar-refractivity contribution in [2.24, 2.45) is 28.6 Å². The molecule has 0 aromatic heterocycles. The second-order valence-corrected chi connectivity index (χ2v) is 15.5. The molecule has 3 saturated carbocycles. The first-order valence-corrected chi connectivity index (χ1v) is 14.1. The second-order valence-electron chi connectivity index (χ2n) is 11.0. The molecule has 0 amide bonds. The maximum atomic E-state index is 10.1. The lowest BCUT2D eigenvalue weighted by atomic mass is 9.48. The average Bonchev–Trinajstić information content (AvgIpc) is 2.83. The summed E-state index contributed by atoms with van der Waals surface area (Å²) in [5, 5.41) is 10.1. The van der Waals surface area contributed by atoms with Crippen LogP contribution in [0, 0.1) is 28.6 Å². The lowest BCUT2D eigenvalue weighted by Crippen LogP contribution is -2.52. The molecule has 7 atom stereocenters. The van der Waals surface area contributed by atoms with E-state index in [1.807, 2.05) is 0 Å². The SMILES string of the molecule is C[C@]12CC[C@H]3[C@@H](CC=C4C[C@@H](O)CC[C@@]43C)[C@@H]1CC[C@@H]2O[Si](C)(C)C. The molecular formula is C22H38O2Si. The van der Waals surface area contributed by atoms with Gasteiger partial charge < -0.3 is 9.53 Å². The summed E-state index contributed by atoms with van der Waals surface area (Å²) in [5.41, 5.74) is 2.35. The molecule has 4 aliphatic rings. The van der Waals surface area contributed by atoms with Crippen molar-refractivity contribution in [3.63, 3.8) is 0 Å². The highest BCUT2D eigenvalue weighted by atomic mass is 28.4. The Bertz CT molecular complexity index is 565. The van der Waals surface area contributed by atoms with Crippen LogP contribution >= 0.6 is 0 Å². The van der Waals surface area contributed by atoms with E-state index in [4.69, 9.17) is 4.43 Å². The lowest BCUT2D eigenvalue weighted by Gasteiger charge is -2.58. The lowest BCUT2D eigenvalue weighted by molar-refractivity contribution is -0.0667. The van der Waals surface area contributed by atoms with Gasteiger partial charge in [0.15, 0.2) is 8.32 Å². The van der Waals surface area contributed by atoms with E-state index in [-0.39, 0.29) is 6.10 Å². The predicted octanol–water partition coefficient (Wildman–Crippen LogP) is 5.53. The van der Waals surface area contributed by atoms with E-state index in [2.05, 4.69) is 39.6 Å². The second kappa shape index (κ2) is 5.94. The van der Waals surface area contributed by atoms with E-state index in [1.165, 1.54) is 38.5 Å². The summed E-state index contributed by atoms with van der Waals surface area (Å²) in [4.78, 5) is 0. The van der Waals surface area contributed by atoms with Crippen LogP contribution in [0.1, 0.15) is 65.2 Å². The predicted molar refractivity (Wildman–Crippen MR) is 106 cm³/mol. The van der Waals surface area contributed by atoms with Crippen molar-refractivity contribution in [2.45, 2.75) is 97.1 Å². The summed E-state index contributed by atoms with van der Waals surface area (Å²) in [6, 6.07) is 0. The van der Waals surface area contributed by atoms with Crippen molar-refractivity contribution < 1.29 is 9.53 Å². The van der Waals surface area contributed by atoms with Gasteiger partial charge in [-0.25, -0.2) is 0 Å². The molecule has 0 unspecified atom stereocenters. The fourth-order valence-corrected chi connectivity index (χ4v) is 8.45. The summed E-state index contributed by atoms with van der Waals surface area (Å²) < 4.78 is 6.69. The van der Waals surface area contributed by atoms with Crippen molar-refractivity contribution in [1.82, 2.24) is 0 Å². The molecule has 25 heavy (non-hydrogen) atoms. The summed E-state index contributed by atoms with van der Waals surface area (Å²) in [6.45, 7) is 12.1. The van der Waals surface area contributed by atoms with Crippen LogP contribution in [0.3, 0.4) is 0 Å². The number of rotatable bonds is 2. The van der Waals surface area contributed by atoms with Crippen LogP contribution in [-0.4, -0.2) is 25.6 Å². The fourth-order valence-electron chi connectivity index (χ4n) is 7.21. The van der Waals surface area contributed by atoms with Crippen molar-refractivity contribution in [2.75, 3.05) is 0 Å². The molecule has 0 aromatic rings. The third kappa shape index (κ3) is 2.89. The summed E-state index contributed by atoms with van der Waals surface area (Å²) >= 11 is 0. The molecule has 4 rings (SSSR count). The zero-order valence-corrected chi connectivity index (χ0v) is 18.0. The van der Waals surface area contributed by atoms with E-state index < -0.39 is 8.32 Å². The standard InChI is InChI=1S/C22H38O2Si/c1-21-12-10-16(23)14-15(21)6-7-17-18-8-9-20(24-25(3,4)5)22(18,2)13-11-19(17)21/h6,16-20,23H,7-14H2,1-5H3/t16-,17-,18-,19-,20-,21-,22-/m0/s1. The van der Waals surface area contributed by atoms with Gasteiger partial charge in [-0.3, -0.25) is 0 Å². The van der Waals surface area contributed by atoms with Crippen LogP contribution in [0.15, 0.2) is 11.6 Å². The first-order chi connectivity index (χ1) is 11.6. The van der Waals surface area contributed by atoms with Crippen LogP contribution in [0.4, 0.5) is 0 Å². The van der Waals surface area contributed by atoms with Gasteiger partial charge in [0, 0.05) is 0 Å². The van der Waals surface area contributed by atoms with Crippen molar-refractivity contribution in [3.8, 4) is 0 Å². The molecule has 4 aliphatic carbocycles. The summed E-state index contributed by atoms with van der Waals surface area (Å²) in [6.07, 6.45) is 12.7. The van der Waals surface area contributed by atoms with Gasteiger partial charge in [0.1, 0.15) is 0 Å². The van der Waals surface area contributed by atoms with E-state index in [9.17, 15) is 5.11 Å². The average molecular weight is 363 g/mol. The first kappa shape index (κ1) is 18.2. The number of aliphatic hydroxyl groups excluding tert-OH is 1. The molecule has 2 nitrogen and oxygen atoms in total. The van der Waals surface area contributed by atoms with Crippen LogP contribution in [0.2, 0.25) is 19.6 Å². The largest absolute Gasteiger partial charge is 0.414 e. The minimum Gasteiger partial charge on any atom is -0.414 e. The molecule has 3 fully saturated rings. The molecule has 142 valence electrons. The highest BCUT2D eigenvalue weighted by Crippen LogP contribution is 2.65. The first-order valence-electron chi connectivity index (χ1n) is 10.7. The topological polar surface area (TPSA) is 29.5 Å². The summed E-state index contributed by atoms with van der Waals surface area (Å²) in [5.74, 6) is 2.52. The van der Waals surface area contributed by atoms with Crippen LogP contribution in [-0.2, 0) is 4.43 Å². The molecule has 0 radical (unpaired) electrons. The Morgan fingerprint density at radius 1 is 1.04 bits per heavy atom. The van der Waals surface area contributed by atoms with Gasteiger partial charge in [0.2, 0.25) is 0 Å². The highest BCUT2D eigenvalue weighted by molar-refractivity contribution is 6.69. The molecule has 0 aliphatic heterocycles. The van der Waals surface area contributed by atoms with Gasteiger partial charge in [0.25, 0.3) is 0 Å². The van der Waals surface area contributed by atoms with Gasteiger partial charge in [-0.2, -0.15) is 0 Å². The number of allylic oxidation sites excluding steroid dienone is 1. The van der Waals surface area contributed by atoms with Crippen molar-refractivity contribution in [3.05, 3.63) is 11.6 Å². The Morgan fingerprint density at radius 2 is 1.80 bits per heavy atom. The maximum Gasteiger partial charge on any atom is 0.184 e. The molecule has 1 N–H and O–H groups in total. The van der Waals surface area contributed by atoms with Crippen LogP contribution in [0.5, 0.6) is 0 Å². The quantitative estimate of drug-likeness (QED) is 0.517. The molecule has 0 bridgehead atoms. The smallest absolute Gasteiger partial charge is 0.184 e. The molecular weight excluding hydrogens is 324 g/mol. The van der Waals surface area contributed by atoms with Crippen molar-refractivity contribution >= 4 is 8.32 Å². The monoisotopic (exact) mass is 362 g/mol. The van der Waals surface area contributed by atoms with E-state index in [0.717, 1.165) is 30.6 Å². The minimum absolute atomic E-state index is 0.0919. The third-order valence-corrected chi connectivity index (χ3v) is 9.48. The highest BCUT2D eigenvalue weighted by Gasteiger charge is 2.59. The van der Waals surface area contributed by atoms with E-state index in [1.54, 1.807) is 5.57 Å².